The average molecular weight is 362 g/mol. The summed E-state index contributed by atoms with van der Waals surface area (Å²) >= 11 is 0. The Labute approximate surface area is 159 Å². The van der Waals surface area contributed by atoms with Crippen LogP contribution in [0.5, 0.6) is 0 Å². The van der Waals surface area contributed by atoms with Crippen molar-refractivity contribution in [3.63, 3.8) is 0 Å². The molecule has 5 heteroatoms. The van der Waals surface area contributed by atoms with Crippen LogP contribution in [0.2, 0.25) is 0 Å². The van der Waals surface area contributed by atoms with Gasteiger partial charge in [0.15, 0.2) is 0 Å². The maximum atomic E-state index is 9.52. The number of rotatable bonds is 4. The SMILES string of the molecule is OCCn1c(N2CCN(C3Cc4ccccc4C3)CC2)nc2ccccc21. The minimum Gasteiger partial charge on any atom is -0.395 e. The average Bonchev–Trinajstić information content (AvgIpc) is 3.30. The van der Waals surface area contributed by atoms with Crippen LogP contribution in [-0.4, -0.2) is 58.4 Å². The zero-order valence-corrected chi connectivity index (χ0v) is 15.6. The molecule has 1 aromatic heterocycles. The molecule has 2 aromatic carbocycles. The first kappa shape index (κ1) is 16.8. The number of fused-ring (bicyclic) bond motifs is 2. The lowest BCUT2D eigenvalue weighted by Crippen LogP contribution is -2.51. The Morgan fingerprint density at radius 2 is 1.56 bits per heavy atom. The van der Waals surface area contributed by atoms with E-state index in [9.17, 15) is 5.11 Å². The van der Waals surface area contributed by atoms with Gasteiger partial charge in [-0.05, 0) is 36.1 Å². The number of para-hydroxylation sites is 2. The highest BCUT2D eigenvalue weighted by Crippen LogP contribution is 2.28. The second-order valence-electron chi connectivity index (χ2n) is 7.63. The summed E-state index contributed by atoms with van der Waals surface area (Å²) in [5.74, 6) is 1.000. The quantitative estimate of drug-likeness (QED) is 0.774. The largest absolute Gasteiger partial charge is 0.395 e. The lowest BCUT2D eigenvalue weighted by molar-refractivity contribution is 0.189. The molecule has 5 rings (SSSR count). The fourth-order valence-corrected chi connectivity index (χ4v) is 4.71. The predicted molar refractivity (Wildman–Crippen MR) is 108 cm³/mol. The maximum absolute atomic E-state index is 9.52. The van der Waals surface area contributed by atoms with E-state index in [2.05, 4.69) is 50.8 Å². The number of hydrogen-bond donors (Lipinski definition) is 1. The van der Waals surface area contributed by atoms with Crippen molar-refractivity contribution < 1.29 is 5.11 Å². The van der Waals surface area contributed by atoms with Gasteiger partial charge in [-0.2, -0.15) is 0 Å². The number of nitrogens with zero attached hydrogens (tertiary/aromatic N) is 4. The highest BCUT2D eigenvalue weighted by atomic mass is 16.3. The number of hydrogen-bond acceptors (Lipinski definition) is 4. The molecular weight excluding hydrogens is 336 g/mol. The number of aromatic nitrogens is 2. The Hall–Kier alpha value is -2.37. The number of piperazine rings is 1. The molecule has 0 unspecified atom stereocenters. The molecule has 27 heavy (non-hydrogen) atoms. The second kappa shape index (κ2) is 6.98. The first-order valence-electron chi connectivity index (χ1n) is 9.95. The van der Waals surface area contributed by atoms with Crippen LogP contribution in [0.25, 0.3) is 11.0 Å². The van der Waals surface area contributed by atoms with Crippen molar-refractivity contribution in [3.8, 4) is 0 Å². The molecule has 1 aliphatic heterocycles. The summed E-state index contributed by atoms with van der Waals surface area (Å²) in [4.78, 5) is 9.90. The molecule has 0 spiro atoms. The van der Waals surface area contributed by atoms with Crippen molar-refractivity contribution in [2.75, 3.05) is 37.7 Å². The van der Waals surface area contributed by atoms with Gasteiger partial charge in [-0.15, -0.1) is 0 Å². The molecular formula is C22H26N4O. The Morgan fingerprint density at radius 3 is 2.26 bits per heavy atom. The molecule has 0 amide bonds. The van der Waals surface area contributed by atoms with E-state index in [1.54, 1.807) is 0 Å². The summed E-state index contributed by atoms with van der Waals surface area (Å²) in [6, 6.07) is 17.7. The minimum atomic E-state index is 0.133. The van der Waals surface area contributed by atoms with E-state index in [-0.39, 0.29) is 6.61 Å². The highest BCUT2D eigenvalue weighted by Gasteiger charge is 2.30. The lowest BCUT2D eigenvalue weighted by atomic mass is 10.1. The van der Waals surface area contributed by atoms with Crippen LogP contribution in [-0.2, 0) is 19.4 Å². The number of aliphatic hydroxyl groups excluding tert-OH is 1. The maximum Gasteiger partial charge on any atom is 0.206 e. The molecule has 2 aliphatic rings. The molecule has 1 aliphatic carbocycles. The third-order valence-electron chi connectivity index (χ3n) is 6.10. The van der Waals surface area contributed by atoms with Crippen LogP contribution >= 0.6 is 0 Å². The van der Waals surface area contributed by atoms with Gasteiger partial charge in [0, 0.05) is 38.8 Å². The van der Waals surface area contributed by atoms with Crippen LogP contribution < -0.4 is 4.90 Å². The van der Waals surface area contributed by atoms with Crippen molar-refractivity contribution in [1.29, 1.82) is 0 Å². The Morgan fingerprint density at radius 1 is 0.889 bits per heavy atom. The van der Waals surface area contributed by atoms with Crippen LogP contribution in [0.3, 0.4) is 0 Å². The van der Waals surface area contributed by atoms with E-state index < -0.39 is 0 Å². The van der Waals surface area contributed by atoms with E-state index in [4.69, 9.17) is 4.98 Å². The molecule has 140 valence electrons. The second-order valence-corrected chi connectivity index (χ2v) is 7.63. The van der Waals surface area contributed by atoms with Gasteiger partial charge >= 0.3 is 0 Å². The zero-order chi connectivity index (χ0) is 18.2. The summed E-state index contributed by atoms with van der Waals surface area (Å²) in [7, 11) is 0. The molecule has 2 heterocycles. The van der Waals surface area contributed by atoms with Gasteiger partial charge in [0.25, 0.3) is 0 Å². The third kappa shape index (κ3) is 3.01. The summed E-state index contributed by atoms with van der Waals surface area (Å²) in [5, 5.41) is 9.52. The minimum absolute atomic E-state index is 0.133. The molecule has 3 aromatic rings. The summed E-state index contributed by atoms with van der Waals surface area (Å²) in [6.07, 6.45) is 2.36. The van der Waals surface area contributed by atoms with E-state index in [1.807, 2.05) is 12.1 Å². The summed E-state index contributed by atoms with van der Waals surface area (Å²) in [5.41, 5.74) is 5.16. The zero-order valence-electron chi connectivity index (χ0n) is 15.6. The summed E-state index contributed by atoms with van der Waals surface area (Å²) < 4.78 is 2.16. The number of benzene rings is 2. The number of anilines is 1. The molecule has 0 saturated carbocycles. The van der Waals surface area contributed by atoms with Gasteiger partial charge in [-0.1, -0.05) is 36.4 Å². The van der Waals surface area contributed by atoms with Gasteiger partial charge in [0.2, 0.25) is 5.95 Å². The topological polar surface area (TPSA) is 44.5 Å². The lowest BCUT2D eigenvalue weighted by Gasteiger charge is -2.38. The van der Waals surface area contributed by atoms with Gasteiger partial charge in [0.05, 0.1) is 17.6 Å². The van der Waals surface area contributed by atoms with Crippen molar-refractivity contribution in [2.24, 2.45) is 0 Å². The number of imidazole rings is 1. The van der Waals surface area contributed by atoms with Crippen LogP contribution in [0.4, 0.5) is 5.95 Å². The fraction of sp³-hybridized carbons (Fsp3) is 0.409. The van der Waals surface area contributed by atoms with Crippen LogP contribution in [0.1, 0.15) is 11.1 Å². The van der Waals surface area contributed by atoms with E-state index in [0.717, 1.165) is 43.2 Å². The van der Waals surface area contributed by atoms with Gasteiger partial charge in [0.1, 0.15) is 0 Å². The van der Waals surface area contributed by atoms with E-state index >= 15 is 0 Å². The number of aliphatic hydroxyl groups is 1. The third-order valence-corrected chi connectivity index (χ3v) is 6.10. The predicted octanol–water partition coefficient (Wildman–Crippen LogP) is 2.32. The van der Waals surface area contributed by atoms with Crippen LogP contribution in [0.15, 0.2) is 48.5 Å². The molecule has 0 atom stereocenters. The Balaban J connectivity index is 1.31. The van der Waals surface area contributed by atoms with E-state index in [1.165, 1.54) is 24.0 Å². The molecule has 0 bridgehead atoms. The normalized spacial score (nSPS) is 18.3. The smallest absolute Gasteiger partial charge is 0.206 e. The first-order valence-corrected chi connectivity index (χ1v) is 9.95. The Kier molecular flexibility index (Phi) is 4.34. The van der Waals surface area contributed by atoms with Gasteiger partial charge in [-0.25, -0.2) is 4.98 Å². The monoisotopic (exact) mass is 362 g/mol. The highest BCUT2D eigenvalue weighted by molar-refractivity contribution is 5.78. The van der Waals surface area contributed by atoms with Crippen LogP contribution in [0, 0.1) is 0 Å². The standard InChI is InChI=1S/C22H26N4O/c27-14-13-26-21-8-4-3-7-20(21)23-22(26)25-11-9-24(10-12-25)19-15-17-5-1-2-6-18(17)16-19/h1-8,19,27H,9-16H2. The summed E-state index contributed by atoms with van der Waals surface area (Å²) in [6.45, 7) is 4.84. The Bertz CT molecular complexity index is 917. The first-order chi connectivity index (χ1) is 13.3. The molecule has 5 nitrogen and oxygen atoms in total. The molecule has 1 N–H and O–H groups in total. The van der Waals surface area contributed by atoms with Crippen molar-refractivity contribution >= 4 is 17.0 Å². The van der Waals surface area contributed by atoms with Crippen molar-refractivity contribution in [1.82, 2.24) is 14.5 Å². The van der Waals surface area contributed by atoms with Crippen molar-refractivity contribution in [3.05, 3.63) is 59.7 Å². The van der Waals surface area contributed by atoms with Gasteiger partial charge in [-0.3, -0.25) is 4.90 Å². The molecule has 1 saturated heterocycles. The molecule has 0 radical (unpaired) electrons. The molecule has 1 fully saturated rings. The fourth-order valence-electron chi connectivity index (χ4n) is 4.71. The van der Waals surface area contributed by atoms with E-state index in [0.29, 0.717) is 12.6 Å². The van der Waals surface area contributed by atoms with Crippen molar-refractivity contribution in [2.45, 2.75) is 25.4 Å². The van der Waals surface area contributed by atoms with Gasteiger partial charge < -0.3 is 14.6 Å².